The molecule has 5 rings (SSSR count). The minimum absolute atomic E-state index is 0.0939. The maximum Gasteiger partial charge on any atom is 0.336 e. The van der Waals surface area contributed by atoms with Crippen molar-refractivity contribution in [1.29, 1.82) is 0 Å². The number of hydrogen-bond acceptors (Lipinski definition) is 5. The Bertz CT molecular complexity index is 1760. The second-order valence-electron chi connectivity index (χ2n) is 9.42. The summed E-state index contributed by atoms with van der Waals surface area (Å²) in [5, 5.41) is 5.73. The number of aromatic nitrogens is 3. The average molecular weight is 504 g/mol. The highest BCUT2D eigenvalue weighted by atomic mass is 19.1. The number of nitrogens with one attached hydrogen (secondary N) is 2. The van der Waals surface area contributed by atoms with Crippen molar-refractivity contribution in [3.8, 4) is 5.69 Å². The van der Waals surface area contributed by atoms with Crippen LogP contribution in [0.5, 0.6) is 0 Å². The highest BCUT2D eigenvalue weighted by Crippen LogP contribution is 2.34. The number of nitrogens with zero attached hydrogens (tertiary/aromatic N) is 3. The first-order valence-corrected chi connectivity index (χ1v) is 11.9. The molecule has 0 spiro atoms. The Morgan fingerprint density at radius 3 is 2.27 bits per heavy atom. The molecule has 2 N–H and O–H groups in total. The maximum absolute atomic E-state index is 14.8. The van der Waals surface area contributed by atoms with E-state index in [0.717, 1.165) is 5.56 Å². The van der Waals surface area contributed by atoms with Crippen molar-refractivity contribution in [2.24, 2.45) is 7.05 Å². The molecule has 2 heterocycles. The van der Waals surface area contributed by atoms with Crippen molar-refractivity contribution < 1.29 is 9.18 Å². The maximum atomic E-state index is 14.8. The molecule has 190 valence electrons. The largest absolute Gasteiger partial charge is 0.338 e. The van der Waals surface area contributed by atoms with Gasteiger partial charge in [0, 0.05) is 31.3 Å². The number of aryl methyl sites for hydroxylation is 2. The highest BCUT2D eigenvalue weighted by molar-refractivity contribution is 5.94. The summed E-state index contributed by atoms with van der Waals surface area (Å²) in [6.45, 7) is 4.71. The Labute approximate surface area is 210 Å². The van der Waals surface area contributed by atoms with E-state index < -0.39 is 22.6 Å². The van der Waals surface area contributed by atoms with Crippen LogP contribution in [-0.4, -0.2) is 19.6 Å². The third kappa shape index (κ3) is 4.14. The number of rotatable bonds is 5. The van der Waals surface area contributed by atoms with Gasteiger partial charge >= 0.3 is 5.69 Å². The van der Waals surface area contributed by atoms with Crippen LogP contribution < -0.4 is 27.4 Å². The third-order valence-corrected chi connectivity index (χ3v) is 6.58. The van der Waals surface area contributed by atoms with Crippen LogP contribution in [0, 0.1) is 19.7 Å². The lowest BCUT2D eigenvalue weighted by molar-refractivity contribution is -0.114. The van der Waals surface area contributed by atoms with Gasteiger partial charge in [-0.3, -0.25) is 28.1 Å². The van der Waals surface area contributed by atoms with Gasteiger partial charge in [0.15, 0.2) is 0 Å². The lowest BCUT2D eigenvalue weighted by Gasteiger charge is -2.20. The van der Waals surface area contributed by atoms with Crippen molar-refractivity contribution in [3.63, 3.8) is 0 Å². The van der Waals surface area contributed by atoms with E-state index in [2.05, 4.69) is 10.6 Å². The first-order valence-electron chi connectivity index (χ1n) is 11.9. The molecular formula is C27H26FN5O4. The van der Waals surface area contributed by atoms with Crippen LogP contribution in [0.15, 0.2) is 56.8 Å². The zero-order chi connectivity index (χ0) is 26.6. The van der Waals surface area contributed by atoms with E-state index in [1.54, 1.807) is 44.2 Å². The average Bonchev–Trinajstić information content (AvgIpc) is 3.67. The molecule has 1 amide bonds. The van der Waals surface area contributed by atoms with Crippen LogP contribution >= 0.6 is 0 Å². The number of halogens is 1. The minimum Gasteiger partial charge on any atom is -0.338 e. The summed E-state index contributed by atoms with van der Waals surface area (Å²) in [6.07, 6.45) is 1.37. The van der Waals surface area contributed by atoms with Gasteiger partial charge in [0.1, 0.15) is 17.0 Å². The quantitative estimate of drug-likeness (QED) is 0.433. The second-order valence-corrected chi connectivity index (χ2v) is 9.42. The summed E-state index contributed by atoms with van der Waals surface area (Å²) in [4.78, 5) is 52.3. The van der Waals surface area contributed by atoms with E-state index in [1.165, 1.54) is 39.8 Å². The van der Waals surface area contributed by atoms with E-state index in [9.17, 15) is 23.6 Å². The molecule has 0 saturated heterocycles. The summed E-state index contributed by atoms with van der Waals surface area (Å²) < 4.78 is 18.6. The topological polar surface area (TPSA) is 107 Å². The lowest BCUT2D eigenvalue weighted by atomic mass is 10.1. The van der Waals surface area contributed by atoms with Gasteiger partial charge < -0.3 is 10.6 Å². The number of amides is 1. The van der Waals surface area contributed by atoms with Gasteiger partial charge in [0.2, 0.25) is 5.91 Å². The lowest BCUT2D eigenvalue weighted by Crippen LogP contribution is -2.41. The third-order valence-electron chi connectivity index (χ3n) is 6.58. The van der Waals surface area contributed by atoms with Crippen LogP contribution in [0.2, 0.25) is 0 Å². The number of fused-ring (bicyclic) bond motifs is 1. The summed E-state index contributed by atoms with van der Waals surface area (Å²) in [5.74, 6) is -0.682. The Balaban J connectivity index is 1.86. The van der Waals surface area contributed by atoms with Crippen LogP contribution in [0.3, 0.4) is 0 Å². The SMILES string of the molecule is CC(=O)Nc1ccc(-n2c(=O)n(C3CC3)c(=O)c3c(Nc4ccc(C)cc4F)n(C)c(=O)c(C)c32)cc1. The molecule has 2 aromatic carbocycles. The molecule has 1 fully saturated rings. The van der Waals surface area contributed by atoms with E-state index in [0.29, 0.717) is 24.2 Å². The summed E-state index contributed by atoms with van der Waals surface area (Å²) in [7, 11) is 1.50. The predicted octanol–water partition coefficient (Wildman–Crippen LogP) is 3.64. The fourth-order valence-electron chi connectivity index (χ4n) is 4.60. The molecule has 4 aromatic rings. The molecule has 1 aliphatic rings. The first-order chi connectivity index (χ1) is 17.6. The van der Waals surface area contributed by atoms with Gasteiger partial charge in [0.05, 0.1) is 16.9 Å². The smallest absolute Gasteiger partial charge is 0.336 e. The van der Waals surface area contributed by atoms with Gasteiger partial charge in [-0.1, -0.05) is 6.07 Å². The van der Waals surface area contributed by atoms with Gasteiger partial charge in [-0.05, 0) is 68.7 Å². The van der Waals surface area contributed by atoms with Crippen molar-refractivity contribution >= 4 is 34.0 Å². The van der Waals surface area contributed by atoms with Gasteiger partial charge in [-0.15, -0.1) is 0 Å². The van der Waals surface area contributed by atoms with E-state index >= 15 is 0 Å². The molecule has 0 atom stereocenters. The Hall–Kier alpha value is -4.47. The van der Waals surface area contributed by atoms with Gasteiger partial charge in [-0.2, -0.15) is 0 Å². The Kier molecular flexibility index (Phi) is 5.82. The summed E-state index contributed by atoms with van der Waals surface area (Å²) in [5.41, 5.74) is 0.593. The standard InChI is InChI=1S/C27H26FN5O4/c1-14-5-12-21(20(28)13-14)30-24-22-23(15(2)25(35)31(24)4)32(27(37)33(26(22)36)19-10-11-19)18-8-6-17(7-9-18)29-16(3)34/h5-9,12-13,19,30H,10-11H2,1-4H3,(H,29,34). The molecule has 1 aliphatic carbocycles. The molecule has 37 heavy (non-hydrogen) atoms. The number of benzene rings is 2. The van der Waals surface area contributed by atoms with Crippen LogP contribution in [0.1, 0.15) is 36.9 Å². The van der Waals surface area contributed by atoms with Gasteiger partial charge in [-0.25, -0.2) is 9.18 Å². The zero-order valence-corrected chi connectivity index (χ0v) is 20.9. The molecule has 0 unspecified atom stereocenters. The fraction of sp³-hybridized carbons (Fsp3) is 0.259. The molecule has 0 radical (unpaired) electrons. The van der Waals surface area contributed by atoms with Crippen molar-refractivity contribution in [1.82, 2.24) is 13.7 Å². The highest BCUT2D eigenvalue weighted by Gasteiger charge is 2.31. The number of carbonyl (C=O) groups is 1. The minimum atomic E-state index is -0.559. The first kappa shape index (κ1) is 24.2. The molecular weight excluding hydrogens is 477 g/mol. The van der Waals surface area contributed by atoms with Crippen LogP contribution in [0.4, 0.5) is 21.6 Å². The van der Waals surface area contributed by atoms with E-state index in [1.807, 2.05) is 0 Å². The number of pyridine rings is 1. The van der Waals surface area contributed by atoms with Crippen molar-refractivity contribution in [2.45, 2.75) is 39.7 Å². The molecule has 2 aromatic heterocycles. The van der Waals surface area contributed by atoms with Crippen LogP contribution in [-0.2, 0) is 11.8 Å². The Morgan fingerprint density at radius 2 is 1.68 bits per heavy atom. The monoisotopic (exact) mass is 503 g/mol. The zero-order valence-electron chi connectivity index (χ0n) is 20.9. The second kappa shape index (κ2) is 8.88. The number of anilines is 3. The Morgan fingerprint density at radius 1 is 1.00 bits per heavy atom. The number of carbonyl (C=O) groups excluding carboxylic acids is 1. The normalized spacial score (nSPS) is 13.1. The predicted molar refractivity (Wildman–Crippen MR) is 141 cm³/mol. The molecule has 0 bridgehead atoms. The van der Waals surface area contributed by atoms with Crippen molar-refractivity contribution in [2.75, 3.05) is 10.6 Å². The van der Waals surface area contributed by atoms with Gasteiger partial charge in [0.25, 0.3) is 11.1 Å². The van der Waals surface area contributed by atoms with Crippen molar-refractivity contribution in [3.05, 3.63) is 90.6 Å². The molecule has 10 heteroatoms. The summed E-state index contributed by atoms with van der Waals surface area (Å²) in [6, 6.07) is 10.9. The van der Waals surface area contributed by atoms with E-state index in [4.69, 9.17) is 0 Å². The molecule has 0 aliphatic heterocycles. The number of hydrogen-bond donors (Lipinski definition) is 2. The van der Waals surface area contributed by atoms with E-state index in [-0.39, 0.29) is 39.9 Å². The molecule has 9 nitrogen and oxygen atoms in total. The summed E-state index contributed by atoms with van der Waals surface area (Å²) >= 11 is 0. The molecule has 1 saturated carbocycles. The van der Waals surface area contributed by atoms with Crippen LogP contribution in [0.25, 0.3) is 16.6 Å². The fourth-order valence-corrected chi connectivity index (χ4v) is 4.60.